The maximum absolute atomic E-state index is 13.3. The van der Waals surface area contributed by atoms with Crippen molar-refractivity contribution in [1.29, 1.82) is 0 Å². The minimum absolute atomic E-state index is 0.103. The summed E-state index contributed by atoms with van der Waals surface area (Å²) in [6, 6.07) is 19.1. The second kappa shape index (κ2) is 13.4. The number of amides is 4. The van der Waals surface area contributed by atoms with E-state index in [1.807, 2.05) is 67.5 Å². The largest absolute Gasteiger partial charge is 0.455 e. The summed E-state index contributed by atoms with van der Waals surface area (Å²) in [5.74, 6) is -0.857. The summed E-state index contributed by atoms with van der Waals surface area (Å²) in [6.07, 6.45) is 2.17. The van der Waals surface area contributed by atoms with Crippen molar-refractivity contribution in [3.8, 4) is 11.5 Å². The van der Waals surface area contributed by atoms with Crippen LogP contribution in [-0.2, 0) is 25.7 Å². The van der Waals surface area contributed by atoms with Crippen LogP contribution in [0.15, 0.2) is 66.7 Å². The number of carbonyl (C=O) groups is 4. The lowest BCUT2D eigenvalue weighted by molar-refractivity contribution is -0.122. The van der Waals surface area contributed by atoms with Gasteiger partial charge in [-0.15, -0.1) is 0 Å². The number of benzene rings is 3. The van der Waals surface area contributed by atoms with E-state index in [2.05, 4.69) is 21.3 Å². The lowest BCUT2D eigenvalue weighted by atomic mass is 10.1. The molecule has 1 aliphatic heterocycles. The van der Waals surface area contributed by atoms with E-state index in [0.29, 0.717) is 5.75 Å². The first-order valence-corrected chi connectivity index (χ1v) is 14.2. The SMILES string of the molecule is CN(C)c1cccc(Oc2cc3c(cc2NC(=O)COCc2ccccc2)NC(=O)[C@@H](CCC(=O)NC2CC2)NC3=O)c1. The Balaban J connectivity index is 1.35. The summed E-state index contributed by atoms with van der Waals surface area (Å²) in [4.78, 5) is 53.3. The molecule has 5 rings (SSSR count). The standard InChI is InChI=1S/C32H35N5O6/c1-37(2)22-9-6-10-23(15-22)43-28-16-24-26(17-27(28)34-30(39)19-42-18-20-7-4-3-5-8-20)36-32(41)25(35-31(24)40)13-14-29(38)33-21-11-12-21/h3-10,15-17,21,25H,11-14,18-19H2,1-2H3,(H,33,38)(H,34,39)(H,35,40)(H,36,41)/t25-/m1/s1. The third-order valence-corrected chi connectivity index (χ3v) is 7.03. The van der Waals surface area contributed by atoms with Crippen molar-refractivity contribution in [3.63, 3.8) is 0 Å². The van der Waals surface area contributed by atoms with E-state index in [1.54, 1.807) is 6.07 Å². The molecule has 1 heterocycles. The van der Waals surface area contributed by atoms with Gasteiger partial charge in [-0.05, 0) is 49.1 Å². The lowest BCUT2D eigenvalue weighted by Gasteiger charge is -2.17. The van der Waals surface area contributed by atoms with E-state index in [9.17, 15) is 19.2 Å². The number of fused-ring (bicyclic) bond motifs is 1. The van der Waals surface area contributed by atoms with Crippen molar-refractivity contribution >= 4 is 40.7 Å². The number of ether oxygens (including phenoxy) is 2. The minimum atomic E-state index is -0.907. The Morgan fingerprint density at radius 3 is 2.51 bits per heavy atom. The van der Waals surface area contributed by atoms with Gasteiger partial charge in [-0.3, -0.25) is 19.2 Å². The van der Waals surface area contributed by atoms with Crippen LogP contribution in [-0.4, -0.2) is 56.4 Å². The molecule has 1 atom stereocenters. The molecule has 1 saturated carbocycles. The Morgan fingerprint density at radius 2 is 1.77 bits per heavy atom. The average Bonchev–Trinajstić information content (AvgIpc) is 3.81. The van der Waals surface area contributed by atoms with Gasteiger partial charge in [0.25, 0.3) is 5.91 Å². The van der Waals surface area contributed by atoms with E-state index in [-0.39, 0.29) is 60.7 Å². The van der Waals surface area contributed by atoms with Gasteiger partial charge in [0.15, 0.2) is 5.75 Å². The van der Waals surface area contributed by atoms with Gasteiger partial charge in [-0.25, -0.2) is 0 Å². The number of nitrogens with zero attached hydrogens (tertiary/aromatic N) is 1. The van der Waals surface area contributed by atoms with E-state index in [4.69, 9.17) is 9.47 Å². The molecule has 224 valence electrons. The number of carbonyl (C=O) groups excluding carboxylic acids is 4. The fourth-order valence-corrected chi connectivity index (χ4v) is 4.56. The van der Waals surface area contributed by atoms with Gasteiger partial charge >= 0.3 is 0 Å². The van der Waals surface area contributed by atoms with Crippen LogP contribution in [0.2, 0.25) is 0 Å². The highest BCUT2D eigenvalue weighted by Gasteiger charge is 2.31. The molecule has 0 radical (unpaired) electrons. The highest BCUT2D eigenvalue weighted by Crippen LogP contribution is 2.37. The Labute approximate surface area is 249 Å². The fourth-order valence-electron chi connectivity index (χ4n) is 4.56. The van der Waals surface area contributed by atoms with Gasteiger partial charge in [0, 0.05) is 38.3 Å². The molecule has 2 aliphatic rings. The van der Waals surface area contributed by atoms with Gasteiger partial charge in [0.1, 0.15) is 18.4 Å². The van der Waals surface area contributed by atoms with E-state index in [1.165, 1.54) is 12.1 Å². The average molecular weight is 586 g/mol. The molecule has 43 heavy (non-hydrogen) atoms. The van der Waals surface area contributed by atoms with Crippen LogP contribution in [0.4, 0.5) is 17.1 Å². The molecule has 0 unspecified atom stereocenters. The molecule has 4 amide bonds. The summed E-state index contributed by atoms with van der Waals surface area (Å²) < 4.78 is 11.8. The third kappa shape index (κ3) is 8.10. The molecule has 11 nitrogen and oxygen atoms in total. The van der Waals surface area contributed by atoms with E-state index < -0.39 is 23.8 Å². The maximum atomic E-state index is 13.3. The number of hydrogen-bond donors (Lipinski definition) is 4. The minimum Gasteiger partial charge on any atom is -0.455 e. The van der Waals surface area contributed by atoms with Crippen LogP contribution >= 0.6 is 0 Å². The summed E-state index contributed by atoms with van der Waals surface area (Å²) in [5, 5.41) is 11.2. The van der Waals surface area contributed by atoms with Gasteiger partial charge in [-0.1, -0.05) is 36.4 Å². The zero-order chi connectivity index (χ0) is 30.3. The molecule has 1 aliphatic carbocycles. The molecule has 4 N–H and O–H groups in total. The van der Waals surface area contributed by atoms with E-state index in [0.717, 1.165) is 24.1 Å². The van der Waals surface area contributed by atoms with Gasteiger partial charge in [0.05, 0.1) is 23.5 Å². The van der Waals surface area contributed by atoms with Crippen molar-refractivity contribution in [2.45, 2.75) is 44.4 Å². The van der Waals surface area contributed by atoms with E-state index >= 15 is 0 Å². The Morgan fingerprint density at radius 1 is 0.977 bits per heavy atom. The molecule has 0 saturated heterocycles. The molecular weight excluding hydrogens is 550 g/mol. The van der Waals surface area contributed by atoms with Crippen LogP contribution in [0.1, 0.15) is 41.6 Å². The quantitative estimate of drug-likeness (QED) is 0.254. The smallest absolute Gasteiger partial charge is 0.254 e. The summed E-state index contributed by atoms with van der Waals surface area (Å²) in [5.41, 5.74) is 2.44. The van der Waals surface area contributed by atoms with Gasteiger partial charge in [-0.2, -0.15) is 0 Å². The number of anilines is 3. The van der Waals surface area contributed by atoms with Gasteiger partial charge in [0.2, 0.25) is 17.7 Å². The second-order valence-corrected chi connectivity index (χ2v) is 10.8. The normalized spacial score (nSPS) is 15.8. The zero-order valence-corrected chi connectivity index (χ0v) is 24.1. The van der Waals surface area contributed by atoms with Crippen LogP contribution in [0.5, 0.6) is 11.5 Å². The van der Waals surface area contributed by atoms with Crippen LogP contribution < -0.4 is 30.9 Å². The molecule has 0 spiro atoms. The topological polar surface area (TPSA) is 138 Å². The van der Waals surface area contributed by atoms with Crippen molar-refractivity contribution in [3.05, 3.63) is 77.9 Å². The molecule has 3 aromatic carbocycles. The lowest BCUT2D eigenvalue weighted by Crippen LogP contribution is -2.42. The molecule has 0 aromatic heterocycles. The van der Waals surface area contributed by atoms with Gasteiger partial charge < -0.3 is 35.6 Å². The van der Waals surface area contributed by atoms with Crippen molar-refractivity contribution in [1.82, 2.24) is 10.6 Å². The van der Waals surface area contributed by atoms with Crippen molar-refractivity contribution < 1.29 is 28.7 Å². The van der Waals surface area contributed by atoms with Crippen LogP contribution in [0, 0.1) is 0 Å². The first-order chi connectivity index (χ1) is 20.7. The molecule has 0 bridgehead atoms. The fraction of sp³-hybridized carbons (Fsp3) is 0.312. The van der Waals surface area contributed by atoms with Crippen molar-refractivity contribution in [2.24, 2.45) is 0 Å². The highest BCUT2D eigenvalue weighted by atomic mass is 16.5. The maximum Gasteiger partial charge on any atom is 0.254 e. The predicted molar refractivity (Wildman–Crippen MR) is 162 cm³/mol. The van der Waals surface area contributed by atoms with Crippen molar-refractivity contribution in [2.75, 3.05) is 36.2 Å². The first-order valence-electron chi connectivity index (χ1n) is 14.2. The summed E-state index contributed by atoms with van der Waals surface area (Å²) in [7, 11) is 3.81. The number of rotatable bonds is 12. The monoisotopic (exact) mass is 585 g/mol. The number of nitrogens with one attached hydrogen (secondary N) is 4. The van der Waals surface area contributed by atoms with Crippen LogP contribution in [0.3, 0.4) is 0 Å². The number of hydrogen-bond acceptors (Lipinski definition) is 7. The molecule has 11 heteroatoms. The summed E-state index contributed by atoms with van der Waals surface area (Å²) in [6.45, 7) is 0.0365. The second-order valence-electron chi connectivity index (χ2n) is 10.8. The van der Waals surface area contributed by atoms with Crippen LogP contribution in [0.25, 0.3) is 0 Å². The molecule has 1 fully saturated rings. The predicted octanol–water partition coefficient (Wildman–Crippen LogP) is 3.81. The zero-order valence-electron chi connectivity index (χ0n) is 24.1. The first kappa shape index (κ1) is 29.6. The third-order valence-electron chi connectivity index (χ3n) is 7.03. The Hall–Kier alpha value is -4.90. The highest BCUT2D eigenvalue weighted by molar-refractivity contribution is 6.11. The summed E-state index contributed by atoms with van der Waals surface area (Å²) >= 11 is 0. The molecule has 3 aromatic rings. The Kier molecular flexibility index (Phi) is 9.21. The molecular formula is C32H35N5O6. The Bertz CT molecular complexity index is 1510.